The first-order valence-electron chi connectivity index (χ1n) is 12.5. The van der Waals surface area contributed by atoms with Gasteiger partial charge in [0.1, 0.15) is 0 Å². The van der Waals surface area contributed by atoms with E-state index in [-0.39, 0.29) is 51.7 Å². The third kappa shape index (κ3) is 1.92. The van der Waals surface area contributed by atoms with Crippen molar-refractivity contribution in [1.29, 1.82) is 0 Å². The normalized spacial score (nSPS) is 41.3. The quantitative estimate of drug-likeness (QED) is 0.615. The van der Waals surface area contributed by atoms with Crippen LogP contribution in [0, 0.1) is 28.1 Å². The maximum atomic E-state index is 14.0. The Morgan fingerprint density at radius 2 is 1.64 bits per heavy atom. The third-order valence-corrected chi connectivity index (χ3v) is 11.2. The fraction of sp³-hybridized carbons (Fsp3) is 0.571. The van der Waals surface area contributed by atoms with Crippen molar-refractivity contribution < 1.29 is 0 Å². The Labute approximate surface area is 194 Å². The highest BCUT2D eigenvalue weighted by Gasteiger charge is 2.65. The summed E-state index contributed by atoms with van der Waals surface area (Å²) < 4.78 is 5.30. The van der Waals surface area contributed by atoms with Gasteiger partial charge in [-0.3, -0.25) is 0 Å². The smallest absolute Gasteiger partial charge is 0.246 e. The van der Waals surface area contributed by atoms with E-state index >= 15 is 0 Å². The molecule has 4 bridgehead atoms. The fourth-order valence-electron chi connectivity index (χ4n) is 9.11. The average molecular weight is 444 g/mol. The number of rotatable bonds is 2. The summed E-state index contributed by atoms with van der Waals surface area (Å²) in [4.78, 5) is 28.0. The number of fused-ring (bicyclic) bond motifs is 2. The van der Waals surface area contributed by atoms with Crippen molar-refractivity contribution in [1.82, 2.24) is 13.9 Å². The molecule has 4 aliphatic carbocycles. The molecule has 0 N–H and O–H groups in total. The Kier molecular flexibility index (Phi) is 3.45. The largest absolute Gasteiger partial charge is 0.348 e. The van der Waals surface area contributed by atoms with E-state index < -0.39 is 0 Å². The molecule has 2 saturated carbocycles. The zero-order chi connectivity index (χ0) is 23.1. The molecule has 2 aromatic rings. The molecule has 0 radical (unpaired) electrons. The molecule has 1 aromatic heterocycles. The molecule has 2 aliphatic heterocycles. The van der Waals surface area contributed by atoms with Gasteiger partial charge in [-0.1, -0.05) is 75.8 Å². The lowest BCUT2D eigenvalue weighted by Crippen LogP contribution is -2.59. The summed E-state index contributed by atoms with van der Waals surface area (Å²) in [6, 6.07) is 10.3. The maximum Gasteiger partial charge on any atom is 0.348 e. The van der Waals surface area contributed by atoms with Crippen LogP contribution in [0.2, 0.25) is 0 Å². The highest BCUT2D eigenvalue weighted by Crippen LogP contribution is 2.70. The van der Waals surface area contributed by atoms with Crippen LogP contribution in [0.1, 0.15) is 77.6 Å². The topological polar surface area (TPSA) is 48.9 Å². The van der Waals surface area contributed by atoms with Gasteiger partial charge in [-0.2, -0.15) is 0 Å². The molecule has 0 spiro atoms. The summed E-state index contributed by atoms with van der Waals surface area (Å²) in [5, 5.41) is 0. The van der Waals surface area contributed by atoms with Crippen LogP contribution in [0.4, 0.5) is 0 Å². The molecule has 7 atom stereocenters. The van der Waals surface area contributed by atoms with Gasteiger partial charge in [-0.25, -0.2) is 23.5 Å². The summed E-state index contributed by atoms with van der Waals surface area (Å²) >= 11 is 0. The molecular formula is C28H33N3O2. The monoisotopic (exact) mass is 443 g/mol. The second-order valence-electron chi connectivity index (χ2n) is 12.3. The Balaban J connectivity index is 1.41. The lowest BCUT2D eigenvalue weighted by atomic mass is 9.48. The number of hydrogen-bond donors (Lipinski definition) is 0. The summed E-state index contributed by atoms with van der Waals surface area (Å²) in [6.07, 6.45) is 7.61. The van der Waals surface area contributed by atoms with Gasteiger partial charge in [0.05, 0.1) is 12.1 Å². The molecule has 8 rings (SSSR count). The van der Waals surface area contributed by atoms with Crippen molar-refractivity contribution >= 4 is 5.57 Å². The van der Waals surface area contributed by atoms with E-state index in [0.717, 1.165) is 12.8 Å². The molecule has 5 heteroatoms. The van der Waals surface area contributed by atoms with E-state index in [2.05, 4.69) is 71.0 Å². The minimum Gasteiger partial charge on any atom is -0.246 e. The van der Waals surface area contributed by atoms with Gasteiger partial charge >= 0.3 is 11.4 Å². The summed E-state index contributed by atoms with van der Waals surface area (Å²) in [7, 11) is 0. The van der Waals surface area contributed by atoms with Gasteiger partial charge < -0.3 is 0 Å². The van der Waals surface area contributed by atoms with E-state index in [1.54, 1.807) is 4.57 Å². The van der Waals surface area contributed by atoms with E-state index in [1.807, 2.05) is 15.4 Å². The number of benzene rings is 1. The minimum atomic E-state index is -0.175. The predicted octanol–water partition coefficient (Wildman–Crippen LogP) is 4.97. The molecule has 0 amide bonds. The molecule has 0 saturated heterocycles. The van der Waals surface area contributed by atoms with Crippen LogP contribution in [-0.2, 0) is 0 Å². The molecule has 5 nitrogen and oxygen atoms in total. The van der Waals surface area contributed by atoms with E-state index in [4.69, 9.17) is 0 Å². The van der Waals surface area contributed by atoms with Crippen molar-refractivity contribution in [2.45, 2.75) is 72.0 Å². The maximum absolute atomic E-state index is 14.0. The van der Waals surface area contributed by atoms with Crippen molar-refractivity contribution in [2.75, 3.05) is 0 Å². The van der Waals surface area contributed by atoms with Crippen LogP contribution < -0.4 is 11.4 Å². The van der Waals surface area contributed by atoms with Gasteiger partial charge in [0.2, 0.25) is 0 Å². The molecular weight excluding hydrogens is 410 g/mol. The van der Waals surface area contributed by atoms with Gasteiger partial charge in [0, 0.05) is 17.4 Å². The van der Waals surface area contributed by atoms with Gasteiger partial charge in [0.25, 0.3) is 0 Å². The first-order valence-corrected chi connectivity index (χ1v) is 12.5. The second-order valence-corrected chi connectivity index (χ2v) is 12.3. The molecule has 1 aromatic carbocycles. The highest BCUT2D eigenvalue weighted by molar-refractivity contribution is 5.81. The zero-order valence-electron chi connectivity index (χ0n) is 20.2. The third-order valence-electron chi connectivity index (χ3n) is 11.2. The van der Waals surface area contributed by atoms with Crippen LogP contribution in [-0.4, -0.2) is 13.9 Å². The molecule has 3 heterocycles. The predicted molar refractivity (Wildman–Crippen MR) is 129 cm³/mol. The van der Waals surface area contributed by atoms with Gasteiger partial charge in [0.15, 0.2) is 0 Å². The summed E-state index contributed by atoms with van der Waals surface area (Å²) in [5.74, 6) is 0.834. The Morgan fingerprint density at radius 3 is 2.27 bits per heavy atom. The van der Waals surface area contributed by atoms with Crippen LogP contribution >= 0.6 is 0 Å². The Hall–Kier alpha value is -2.56. The van der Waals surface area contributed by atoms with Crippen molar-refractivity contribution in [3.63, 3.8) is 0 Å². The van der Waals surface area contributed by atoms with E-state index in [9.17, 15) is 9.59 Å². The van der Waals surface area contributed by atoms with E-state index in [1.165, 1.54) is 23.1 Å². The van der Waals surface area contributed by atoms with Crippen LogP contribution in [0.15, 0.2) is 57.6 Å². The van der Waals surface area contributed by atoms with Crippen LogP contribution in [0.25, 0.3) is 5.57 Å². The molecule has 0 unspecified atom stereocenters. The molecule has 2 fully saturated rings. The average Bonchev–Trinajstić information content (AvgIpc) is 3.26. The van der Waals surface area contributed by atoms with E-state index in [0.29, 0.717) is 5.92 Å². The lowest BCUT2D eigenvalue weighted by molar-refractivity contribution is 0.0566. The van der Waals surface area contributed by atoms with Gasteiger partial charge in [-0.05, 0) is 54.1 Å². The summed E-state index contributed by atoms with van der Waals surface area (Å²) in [6.45, 7) is 11.5. The number of hydrogen-bond acceptors (Lipinski definition) is 2. The SMILES string of the molecule is CC1=C(c2ccccc2)[C@]2(C)[C@@H]3C=C[C@@H]([C@H]12)n1c(=O)n([C@@H]2C[C@@H]4CC[C@]2(C)C4(C)C)c(=O)n13. The minimum absolute atomic E-state index is 0.00985. The first kappa shape index (κ1) is 19.9. The van der Waals surface area contributed by atoms with Crippen LogP contribution in [0.3, 0.4) is 0 Å². The van der Waals surface area contributed by atoms with Gasteiger partial charge in [-0.15, -0.1) is 0 Å². The van der Waals surface area contributed by atoms with Crippen molar-refractivity contribution in [3.8, 4) is 0 Å². The number of allylic oxidation sites excluding steroid dienone is 4. The number of aromatic nitrogens is 3. The first-order chi connectivity index (χ1) is 15.6. The summed E-state index contributed by atoms with van der Waals surface area (Å²) in [5.41, 5.74) is 3.69. The standard InChI is InChI=1S/C28H33N3O2/c1-16-22(17-9-7-6-8-10-17)28(5)20-12-11-19(23(16)28)30-24(32)29(25(33)31(20)30)21-15-18-13-14-27(21,4)26(18,2)3/h6-12,18-21,23H,13-15H2,1-5H3/t18-,19-,20-,21+,23-,27-,28-/m0/s1. The fourth-order valence-corrected chi connectivity index (χ4v) is 9.11. The van der Waals surface area contributed by atoms with Crippen molar-refractivity contribution in [3.05, 3.63) is 74.6 Å². The molecule has 172 valence electrons. The lowest BCUT2D eigenvalue weighted by Gasteiger charge is -2.61. The Morgan fingerprint density at radius 1 is 0.939 bits per heavy atom. The number of nitrogens with zero attached hydrogens (tertiary/aromatic N) is 3. The highest BCUT2D eigenvalue weighted by atomic mass is 16.2. The molecule has 33 heavy (non-hydrogen) atoms. The molecule has 6 aliphatic rings. The zero-order valence-corrected chi connectivity index (χ0v) is 20.2. The second kappa shape index (κ2) is 5.73. The Bertz CT molecular complexity index is 1390. The van der Waals surface area contributed by atoms with Crippen LogP contribution in [0.5, 0.6) is 0 Å². The van der Waals surface area contributed by atoms with Crippen molar-refractivity contribution in [2.24, 2.45) is 28.1 Å².